The molecule has 1 heterocycles. The maximum atomic E-state index is 12.8. The second-order valence-electron chi connectivity index (χ2n) is 6.32. The van der Waals surface area contributed by atoms with E-state index < -0.39 is 14.8 Å². The topological polar surface area (TPSA) is 71.5 Å². The molecule has 7 heteroatoms. The molecule has 3 aliphatic rings. The third-order valence-electron chi connectivity index (χ3n) is 5.03. The van der Waals surface area contributed by atoms with Crippen LogP contribution in [0.5, 0.6) is 0 Å². The maximum Gasteiger partial charge on any atom is 0.238 e. The Morgan fingerprint density at radius 3 is 2.17 bits per heavy atom. The van der Waals surface area contributed by atoms with Gasteiger partial charge in [-0.3, -0.25) is 9.59 Å². The van der Waals surface area contributed by atoms with Gasteiger partial charge in [0.25, 0.3) is 0 Å². The van der Waals surface area contributed by atoms with Crippen LogP contribution in [0.25, 0.3) is 0 Å². The van der Waals surface area contributed by atoms with Gasteiger partial charge in [0.1, 0.15) is 0 Å². The molecule has 0 N–H and O–H groups in total. The highest BCUT2D eigenvalue weighted by Gasteiger charge is 2.59. The molecule has 2 bridgehead atoms. The highest BCUT2D eigenvalue weighted by atomic mass is 35.7. The van der Waals surface area contributed by atoms with Gasteiger partial charge in [-0.05, 0) is 29.9 Å². The van der Waals surface area contributed by atoms with Crippen molar-refractivity contribution in [2.75, 3.05) is 4.90 Å². The molecule has 0 aromatic heterocycles. The number of fused-ring (bicyclic) bond motifs is 5. The van der Waals surface area contributed by atoms with Gasteiger partial charge < -0.3 is 0 Å². The van der Waals surface area contributed by atoms with Crippen LogP contribution in [-0.4, -0.2) is 20.2 Å². The molecule has 0 radical (unpaired) electrons. The fraction of sp³-hybridized carbons (Fsp3) is 0.375. The van der Waals surface area contributed by atoms with Crippen molar-refractivity contribution in [1.82, 2.24) is 0 Å². The second-order valence-corrected chi connectivity index (χ2v) is 9.10. The van der Waals surface area contributed by atoms with E-state index in [4.69, 9.17) is 10.7 Å². The molecule has 120 valence electrons. The van der Waals surface area contributed by atoms with E-state index in [1.54, 1.807) is 24.3 Å². The Morgan fingerprint density at radius 1 is 1.04 bits per heavy atom. The fourth-order valence-electron chi connectivity index (χ4n) is 4.18. The molecule has 4 unspecified atom stereocenters. The zero-order valence-corrected chi connectivity index (χ0v) is 13.6. The molecule has 2 fully saturated rings. The minimum Gasteiger partial charge on any atom is -0.274 e. The average Bonchev–Trinajstić information content (AvgIpc) is 3.13. The molecule has 1 saturated heterocycles. The largest absolute Gasteiger partial charge is 0.274 e. The minimum atomic E-state index is -3.78. The number of nitrogens with zero attached hydrogens (tertiary/aromatic N) is 1. The first-order valence-electron chi connectivity index (χ1n) is 7.43. The molecule has 1 aromatic rings. The van der Waals surface area contributed by atoms with Crippen LogP contribution < -0.4 is 4.90 Å². The SMILES string of the molecule is O=C1C2C3C=CC(C3)C2C(=O)N1c1ccccc1CS(=O)(=O)Cl. The zero-order chi connectivity index (χ0) is 16.4. The van der Waals surface area contributed by atoms with Crippen LogP contribution in [0, 0.1) is 23.7 Å². The normalized spacial score (nSPS) is 32.0. The van der Waals surface area contributed by atoms with Crippen LogP contribution in [-0.2, 0) is 24.4 Å². The molecule has 5 nitrogen and oxygen atoms in total. The summed E-state index contributed by atoms with van der Waals surface area (Å²) in [7, 11) is 1.56. The molecular formula is C16H14ClNO4S. The van der Waals surface area contributed by atoms with Crippen molar-refractivity contribution in [2.45, 2.75) is 12.2 Å². The molecule has 1 aromatic carbocycles. The molecule has 23 heavy (non-hydrogen) atoms. The second kappa shape index (κ2) is 4.92. The third-order valence-corrected chi connectivity index (χ3v) is 6.01. The Hall–Kier alpha value is -1.66. The van der Waals surface area contributed by atoms with Gasteiger partial charge in [-0.2, -0.15) is 0 Å². The van der Waals surface area contributed by atoms with E-state index in [9.17, 15) is 18.0 Å². The summed E-state index contributed by atoms with van der Waals surface area (Å²) in [6.45, 7) is 0. The lowest BCUT2D eigenvalue weighted by atomic mass is 9.85. The van der Waals surface area contributed by atoms with Crippen molar-refractivity contribution >= 4 is 37.2 Å². The van der Waals surface area contributed by atoms with E-state index in [1.165, 1.54) is 4.90 Å². The highest BCUT2D eigenvalue weighted by Crippen LogP contribution is 2.53. The van der Waals surface area contributed by atoms with E-state index >= 15 is 0 Å². The van der Waals surface area contributed by atoms with Crippen molar-refractivity contribution in [3.05, 3.63) is 42.0 Å². The monoisotopic (exact) mass is 351 g/mol. The van der Waals surface area contributed by atoms with Gasteiger partial charge in [0, 0.05) is 10.7 Å². The standard InChI is InChI=1S/C16H14ClNO4S/c17-23(21,22)8-11-3-1-2-4-12(11)18-15(19)13-9-5-6-10(7-9)14(13)16(18)20/h1-6,9-10,13-14H,7-8H2. The lowest BCUT2D eigenvalue weighted by molar-refractivity contribution is -0.123. The van der Waals surface area contributed by atoms with Gasteiger partial charge >= 0.3 is 0 Å². The minimum absolute atomic E-state index is 0.121. The number of hydrogen-bond acceptors (Lipinski definition) is 4. The first-order chi connectivity index (χ1) is 10.9. The lowest BCUT2D eigenvalue weighted by Crippen LogP contribution is -2.33. The summed E-state index contributed by atoms with van der Waals surface area (Å²) < 4.78 is 22.8. The predicted molar refractivity (Wildman–Crippen MR) is 85.1 cm³/mol. The van der Waals surface area contributed by atoms with E-state index in [0.29, 0.717) is 11.3 Å². The molecule has 1 aliphatic heterocycles. The van der Waals surface area contributed by atoms with Crippen LogP contribution in [0.15, 0.2) is 36.4 Å². The van der Waals surface area contributed by atoms with E-state index in [1.807, 2.05) is 12.2 Å². The van der Waals surface area contributed by atoms with Crippen LogP contribution in [0.1, 0.15) is 12.0 Å². The number of amides is 2. The number of anilines is 1. The Bertz CT molecular complexity index is 817. The summed E-state index contributed by atoms with van der Waals surface area (Å²) in [6, 6.07) is 6.53. The Balaban J connectivity index is 1.75. The van der Waals surface area contributed by atoms with Crippen LogP contribution in [0.2, 0.25) is 0 Å². The summed E-state index contributed by atoms with van der Waals surface area (Å²) in [4.78, 5) is 26.8. The summed E-state index contributed by atoms with van der Waals surface area (Å²) in [6.07, 6.45) is 4.91. The van der Waals surface area contributed by atoms with Crippen LogP contribution in [0.4, 0.5) is 5.69 Å². The van der Waals surface area contributed by atoms with Gasteiger partial charge in [-0.15, -0.1) is 0 Å². The van der Waals surface area contributed by atoms with Crippen LogP contribution in [0.3, 0.4) is 0 Å². The number of para-hydroxylation sites is 1. The number of halogens is 1. The van der Waals surface area contributed by atoms with Gasteiger partial charge in [0.05, 0.1) is 23.3 Å². The summed E-state index contributed by atoms with van der Waals surface area (Å²) in [5.41, 5.74) is 0.699. The number of benzene rings is 1. The van der Waals surface area contributed by atoms with Crippen molar-refractivity contribution in [3.8, 4) is 0 Å². The number of imide groups is 1. The first kappa shape index (κ1) is 14.9. The molecule has 0 spiro atoms. The number of carbonyl (C=O) groups is 2. The van der Waals surface area contributed by atoms with Gasteiger partial charge in [-0.1, -0.05) is 30.4 Å². The zero-order valence-electron chi connectivity index (χ0n) is 12.1. The molecule has 2 amide bonds. The number of carbonyl (C=O) groups excluding carboxylic acids is 2. The Labute approximate surface area is 138 Å². The van der Waals surface area contributed by atoms with Crippen molar-refractivity contribution < 1.29 is 18.0 Å². The maximum absolute atomic E-state index is 12.8. The van der Waals surface area contributed by atoms with Gasteiger partial charge in [0.15, 0.2) is 0 Å². The average molecular weight is 352 g/mol. The molecule has 2 aliphatic carbocycles. The van der Waals surface area contributed by atoms with Gasteiger partial charge in [0.2, 0.25) is 20.9 Å². The molecule has 4 rings (SSSR count). The smallest absolute Gasteiger partial charge is 0.238 e. The third kappa shape index (κ3) is 2.23. The predicted octanol–water partition coefficient (Wildman–Crippen LogP) is 2.07. The van der Waals surface area contributed by atoms with E-state index in [-0.39, 0.29) is 35.5 Å². The van der Waals surface area contributed by atoms with Crippen molar-refractivity contribution in [3.63, 3.8) is 0 Å². The molecular weight excluding hydrogens is 338 g/mol. The molecule has 4 atom stereocenters. The van der Waals surface area contributed by atoms with Crippen molar-refractivity contribution in [2.24, 2.45) is 23.7 Å². The number of hydrogen-bond donors (Lipinski definition) is 0. The van der Waals surface area contributed by atoms with Crippen molar-refractivity contribution in [1.29, 1.82) is 0 Å². The molecule has 1 saturated carbocycles. The van der Waals surface area contributed by atoms with Gasteiger partial charge in [-0.25, -0.2) is 13.3 Å². The Morgan fingerprint density at radius 2 is 1.61 bits per heavy atom. The Kier molecular flexibility index (Phi) is 3.19. The number of rotatable bonds is 3. The van der Waals surface area contributed by atoms with E-state index in [2.05, 4.69) is 0 Å². The lowest BCUT2D eigenvalue weighted by Gasteiger charge is -2.20. The quantitative estimate of drug-likeness (QED) is 0.475. The number of allylic oxidation sites excluding steroid dienone is 2. The highest BCUT2D eigenvalue weighted by molar-refractivity contribution is 8.13. The summed E-state index contributed by atoms with van der Waals surface area (Å²) in [5, 5.41) is 0. The van der Waals surface area contributed by atoms with E-state index in [0.717, 1.165) is 6.42 Å². The van der Waals surface area contributed by atoms with Crippen LogP contribution >= 0.6 is 10.7 Å². The summed E-state index contributed by atoms with van der Waals surface area (Å²) >= 11 is 0. The fourth-order valence-corrected chi connectivity index (χ4v) is 5.14. The first-order valence-corrected chi connectivity index (χ1v) is 9.91. The summed E-state index contributed by atoms with van der Waals surface area (Å²) in [5.74, 6) is -1.24.